The minimum atomic E-state index is -0.723. The normalized spacial score (nSPS) is 22.0. The number of carbonyl (C=O) groups is 2. The van der Waals surface area contributed by atoms with Gasteiger partial charge in [-0.1, -0.05) is 44.2 Å². The van der Waals surface area contributed by atoms with Crippen molar-refractivity contribution in [3.05, 3.63) is 35.9 Å². The van der Waals surface area contributed by atoms with Crippen molar-refractivity contribution in [1.29, 1.82) is 0 Å². The van der Waals surface area contributed by atoms with E-state index in [1.54, 1.807) is 0 Å². The van der Waals surface area contributed by atoms with E-state index in [0.717, 1.165) is 24.8 Å². The predicted molar refractivity (Wildman–Crippen MR) is 93.7 cm³/mol. The van der Waals surface area contributed by atoms with Crippen LogP contribution >= 0.6 is 0 Å². The standard InChI is InChI=1S/C19H28N2O3/c1-13(2)12-17(14-6-4-3-5-7-14)21-19(24)20-16-10-8-15(9-11-16)18(22)23/h3-7,13,15-17H,8-12H2,1-2H3,(H,22,23)(H2,20,21,24). The summed E-state index contributed by atoms with van der Waals surface area (Å²) in [6, 6.07) is 9.89. The summed E-state index contributed by atoms with van der Waals surface area (Å²) in [4.78, 5) is 23.3. The van der Waals surface area contributed by atoms with Crippen LogP contribution in [0.4, 0.5) is 4.79 Å². The molecule has 3 N–H and O–H groups in total. The van der Waals surface area contributed by atoms with E-state index < -0.39 is 5.97 Å². The Labute approximate surface area is 143 Å². The van der Waals surface area contributed by atoms with Crippen LogP contribution in [0, 0.1) is 11.8 Å². The number of benzene rings is 1. The molecule has 0 aliphatic heterocycles. The topological polar surface area (TPSA) is 78.4 Å². The van der Waals surface area contributed by atoms with Crippen LogP contribution in [-0.4, -0.2) is 23.1 Å². The highest BCUT2D eigenvalue weighted by Crippen LogP contribution is 2.25. The Morgan fingerprint density at radius 3 is 2.29 bits per heavy atom. The number of rotatable bonds is 6. The molecule has 0 aromatic heterocycles. The minimum absolute atomic E-state index is 0.0124. The van der Waals surface area contributed by atoms with Crippen LogP contribution in [-0.2, 0) is 4.79 Å². The number of amides is 2. The predicted octanol–water partition coefficient (Wildman–Crippen LogP) is 3.72. The van der Waals surface area contributed by atoms with Crippen molar-refractivity contribution in [2.45, 2.75) is 58.0 Å². The fraction of sp³-hybridized carbons (Fsp3) is 0.579. The van der Waals surface area contributed by atoms with E-state index in [2.05, 4.69) is 24.5 Å². The lowest BCUT2D eigenvalue weighted by atomic mass is 9.86. The summed E-state index contributed by atoms with van der Waals surface area (Å²) in [5.74, 6) is -0.510. The third-order valence-corrected chi connectivity index (χ3v) is 4.63. The molecule has 1 aromatic rings. The maximum atomic E-state index is 12.4. The third kappa shape index (κ3) is 5.55. The first kappa shape index (κ1) is 18.3. The second kappa shape index (κ2) is 8.71. The number of nitrogens with one attached hydrogen (secondary N) is 2. The van der Waals surface area contributed by atoms with Gasteiger partial charge >= 0.3 is 12.0 Å². The van der Waals surface area contributed by atoms with Crippen molar-refractivity contribution in [1.82, 2.24) is 10.6 Å². The zero-order valence-corrected chi connectivity index (χ0v) is 14.5. The maximum absolute atomic E-state index is 12.4. The van der Waals surface area contributed by atoms with Gasteiger partial charge in [-0.2, -0.15) is 0 Å². The lowest BCUT2D eigenvalue weighted by Crippen LogP contribution is -2.45. The maximum Gasteiger partial charge on any atom is 0.315 e. The monoisotopic (exact) mass is 332 g/mol. The molecule has 1 aliphatic carbocycles. The van der Waals surface area contributed by atoms with Crippen LogP contribution in [0.3, 0.4) is 0 Å². The number of carboxylic acid groups (broad SMARTS) is 1. The van der Waals surface area contributed by atoms with Crippen molar-refractivity contribution >= 4 is 12.0 Å². The van der Waals surface area contributed by atoms with Gasteiger partial charge in [0.05, 0.1) is 12.0 Å². The van der Waals surface area contributed by atoms with E-state index in [1.807, 2.05) is 30.3 Å². The van der Waals surface area contributed by atoms with Crippen LogP contribution in [0.25, 0.3) is 0 Å². The van der Waals surface area contributed by atoms with Crippen molar-refractivity contribution in [3.8, 4) is 0 Å². The Morgan fingerprint density at radius 1 is 1.12 bits per heavy atom. The van der Waals surface area contributed by atoms with E-state index >= 15 is 0 Å². The SMILES string of the molecule is CC(C)CC(NC(=O)NC1CCC(C(=O)O)CC1)c1ccccc1. The van der Waals surface area contributed by atoms with Gasteiger partial charge in [-0.05, 0) is 43.6 Å². The minimum Gasteiger partial charge on any atom is -0.481 e. The van der Waals surface area contributed by atoms with Gasteiger partial charge in [0.1, 0.15) is 0 Å². The summed E-state index contributed by atoms with van der Waals surface area (Å²) in [6.45, 7) is 4.28. The zero-order valence-electron chi connectivity index (χ0n) is 14.5. The second-order valence-corrected chi connectivity index (χ2v) is 7.10. The third-order valence-electron chi connectivity index (χ3n) is 4.63. The second-order valence-electron chi connectivity index (χ2n) is 7.10. The first-order valence-electron chi connectivity index (χ1n) is 8.80. The molecule has 1 atom stereocenters. The van der Waals surface area contributed by atoms with E-state index in [9.17, 15) is 9.59 Å². The van der Waals surface area contributed by atoms with Crippen molar-refractivity contribution < 1.29 is 14.7 Å². The van der Waals surface area contributed by atoms with Gasteiger partial charge in [0.2, 0.25) is 0 Å². The molecule has 132 valence electrons. The van der Waals surface area contributed by atoms with Gasteiger partial charge in [0, 0.05) is 6.04 Å². The molecular weight excluding hydrogens is 304 g/mol. The molecule has 1 aliphatic rings. The molecule has 0 bridgehead atoms. The van der Waals surface area contributed by atoms with Gasteiger partial charge < -0.3 is 15.7 Å². The Bertz CT molecular complexity index is 537. The molecular formula is C19H28N2O3. The number of carbonyl (C=O) groups excluding carboxylic acids is 1. The molecule has 0 saturated heterocycles. The van der Waals surface area contributed by atoms with Gasteiger partial charge in [0.25, 0.3) is 0 Å². The number of carboxylic acids is 1. The summed E-state index contributed by atoms with van der Waals surface area (Å²) >= 11 is 0. The molecule has 5 heteroatoms. The highest BCUT2D eigenvalue weighted by atomic mass is 16.4. The van der Waals surface area contributed by atoms with Crippen LogP contribution in [0.1, 0.15) is 57.6 Å². The molecule has 2 amide bonds. The lowest BCUT2D eigenvalue weighted by molar-refractivity contribution is -0.142. The van der Waals surface area contributed by atoms with Crippen molar-refractivity contribution in [2.24, 2.45) is 11.8 Å². The van der Waals surface area contributed by atoms with Gasteiger partial charge in [-0.3, -0.25) is 4.79 Å². The number of aliphatic carboxylic acids is 1. The molecule has 2 rings (SSSR count). The fourth-order valence-corrected chi connectivity index (χ4v) is 3.31. The Hall–Kier alpha value is -2.04. The summed E-state index contributed by atoms with van der Waals surface area (Å²) < 4.78 is 0. The molecule has 0 heterocycles. The average Bonchev–Trinajstić information content (AvgIpc) is 2.55. The highest BCUT2D eigenvalue weighted by molar-refractivity contribution is 5.75. The molecule has 1 unspecified atom stereocenters. The Balaban J connectivity index is 1.88. The van der Waals surface area contributed by atoms with Gasteiger partial charge in [0.15, 0.2) is 0 Å². The van der Waals surface area contributed by atoms with Crippen LogP contribution in [0.5, 0.6) is 0 Å². The lowest BCUT2D eigenvalue weighted by Gasteiger charge is -2.28. The summed E-state index contributed by atoms with van der Waals surface area (Å²) in [5, 5.41) is 15.1. The Kier molecular flexibility index (Phi) is 6.64. The van der Waals surface area contributed by atoms with E-state index in [-0.39, 0.29) is 24.0 Å². The smallest absolute Gasteiger partial charge is 0.315 e. The molecule has 1 fully saturated rings. The number of hydrogen-bond acceptors (Lipinski definition) is 2. The van der Waals surface area contributed by atoms with E-state index in [4.69, 9.17) is 5.11 Å². The average molecular weight is 332 g/mol. The van der Waals surface area contributed by atoms with Gasteiger partial charge in [-0.15, -0.1) is 0 Å². The number of hydrogen-bond donors (Lipinski definition) is 3. The summed E-state index contributed by atoms with van der Waals surface area (Å²) in [7, 11) is 0. The first-order chi connectivity index (χ1) is 11.5. The molecule has 0 radical (unpaired) electrons. The molecule has 24 heavy (non-hydrogen) atoms. The number of urea groups is 1. The quantitative estimate of drug-likeness (QED) is 0.743. The zero-order chi connectivity index (χ0) is 17.5. The van der Waals surface area contributed by atoms with E-state index in [1.165, 1.54) is 0 Å². The fourth-order valence-electron chi connectivity index (χ4n) is 3.31. The van der Waals surface area contributed by atoms with Crippen LogP contribution < -0.4 is 10.6 Å². The van der Waals surface area contributed by atoms with Crippen LogP contribution in [0.2, 0.25) is 0 Å². The van der Waals surface area contributed by atoms with E-state index in [0.29, 0.717) is 18.8 Å². The van der Waals surface area contributed by atoms with Gasteiger partial charge in [-0.25, -0.2) is 4.79 Å². The molecule has 1 aromatic carbocycles. The van der Waals surface area contributed by atoms with Crippen molar-refractivity contribution in [2.75, 3.05) is 0 Å². The molecule has 5 nitrogen and oxygen atoms in total. The summed E-state index contributed by atoms with van der Waals surface area (Å²) in [6.07, 6.45) is 3.60. The first-order valence-corrected chi connectivity index (χ1v) is 8.80. The van der Waals surface area contributed by atoms with Crippen LogP contribution in [0.15, 0.2) is 30.3 Å². The van der Waals surface area contributed by atoms with Crippen molar-refractivity contribution in [3.63, 3.8) is 0 Å². The Morgan fingerprint density at radius 2 is 1.75 bits per heavy atom. The highest BCUT2D eigenvalue weighted by Gasteiger charge is 2.27. The summed E-state index contributed by atoms with van der Waals surface area (Å²) in [5.41, 5.74) is 1.11. The largest absolute Gasteiger partial charge is 0.481 e. The molecule has 1 saturated carbocycles. The molecule has 0 spiro atoms.